The van der Waals surface area contributed by atoms with Crippen molar-refractivity contribution in [2.24, 2.45) is 0 Å². The Hall–Kier alpha value is -3.58. The molecule has 32 heavy (non-hydrogen) atoms. The van der Waals surface area contributed by atoms with Crippen molar-refractivity contribution in [3.8, 4) is 5.69 Å². The highest BCUT2D eigenvalue weighted by atomic mass is 127. The van der Waals surface area contributed by atoms with Gasteiger partial charge >= 0.3 is 0 Å². The minimum Gasteiger partial charge on any atom is -0.293 e. The molecule has 152 valence electrons. The van der Waals surface area contributed by atoms with E-state index in [0.29, 0.717) is 0 Å². The van der Waals surface area contributed by atoms with Crippen molar-refractivity contribution in [1.29, 1.82) is 0 Å². The van der Waals surface area contributed by atoms with Gasteiger partial charge in [-0.1, -0.05) is 48.5 Å². The van der Waals surface area contributed by atoms with Gasteiger partial charge in [-0.2, -0.15) is 0 Å². The summed E-state index contributed by atoms with van der Waals surface area (Å²) < 4.78 is 8.12. The maximum Gasteiger partial charge on any atom is 0.221 e. The minimum atomic E-state index is 0.890. The van der Waals surface area contributed by atoms with E-state index in [-0.39, 0.29) is 0 Å². The van der Waals surface area contributed by atoms with Crippen LogP contribution in [0, 0.1) is 3.57 Å². The van der Waals surface area contributed by atoms with Gasteiger partial charge in [0.2, 0.25) is 5.78 Å². The van der Waals surface area contributed by atoms with Crippen LogP contribution in [0.25, 0.3) is 50.1 Å². The van der Waals surface area contributed by atoms with Gasteiger partial charge in [0, 0.05) is 8.96 Å². The van der Waals surface area contributed by atoms with Crippen molar-refractivity contribution in [3.05, 3.63) is 107 Å². The van der Waals surface area contributed by atoms with E-state index in [1.54, 1.807) is 0 Å². The fourth-order valence-corrected chi connectivity index (χ4v) is 5.23. The van der Waals surface area contributed by atoms with Crippen molar-refractivity contribution < 1.29 is 0 Å². The largest absolute Gasteiger partial charge is 0.293 e. The molecule has 4 nitrogen and oxygen atoms in total. The van der Waals surface area contributed by atoms with Crippen molar-refractivity contribution in [3.63, 3.8) is 0 Å². The van der Waals surface area contributed by atoms with Crippen LogP contribution in [0.2, 0.25) is 0 Å². The summed E-state index contributed by atoms with van der Waals surface area (Å²) in [6, 6.07) is 36.3. The second kappa shape index (κ2) is 6.71. The van der Waals surface area contributed by atoms with Gasteiger partial charge in [-0.05, 0) is 77.2 Å². The molecule has 0 saturated carbocycles. The number of hydrogen-bond acceptors (Lipinski definition) is 1. The Morgan fingerprint density at radius 1 is 0.594 bits per heavy atom. The molecule has 3 heterocycles. The Morgan fingerprint density at radius 2 is 1.34 bits per heavy atom. The summed E-state index contributed by atoms with van der Waals surface area (Å²) >= 11 is 2.40. The van der Waals surface area contributed by atoms with E-state index >= 15 is 0 Å². The van der Waals surface area contributed by atoms with Crippen molar-refractivity contribution >= 4 is 67.0 Å². The number of fused-ring (bicyclic) bond motifs is 9. The smallest absolute Gasteiger partial charge is 0.221 e. The molecule has 0 fully saturated rings. The van der Waals surface area contributed by atoms with Crippen LogP contribution < -0.4 is 0 Å². The average molecular weight is 524 g/mol. The number of para-hydroxylation sites is 4. The van der Waals surface area contributed by atoms with E-state index in [0.717, 1.165) is 39.2 Å². The molecule has 4 aromatic carbocycles. The Balaban J connectivity index is 1.91. The summed E-state index contributed by atoms with van der Waals surface area (Å²) in [6.07, 6.45) is 0. The first-order valence-electron chi connectivity index (χ1n) is 10.5. The summed E-state index contributed by atoms with van der Waals surface area (Å²) in [5.74, 6) is 0.890. The third kappa shape index (κ3) is 2.45. The lowest BCUT2D eigenvalue weighted by molar-refractivity contribution is 1.05. The Morgan fingerprint density at radius 3 is 2.22 bits per heavy atom. The lowest BCUT2D eigenvalue weighted by Gasteiger charge is -2.07. The molecule has 0 bridgehead atoms. The molecule has 0 spiro atoms. The quantitative estimate of drug-likeness (QED) is 0.213. The molecule has 0 N–H and O–H groups in total. The fraction of sp³-hybridized carbons (Fsp3) is 0. The molecule has 7 aromatic rings. The number of aromatic nitrogens is 4. The number of nitrogens with zero attached hydrogens (tertiary/aromatic N) is 4. The molecule has 0 aliphatic carbocycles. The van der Waals surface area contributed by atoms with Gasteiger partial charge in [-0.3, -0.25) is 13.4 Å². The lowest BCUT2D eigenvalue weighted by atomic mass is 10.2. The summed E-state index contributed by atoms with van der Waals surface area (Å²) in [7, 11) is 0. The monoisotopic (exact) mass is 524 g/mol. The third-order valence-electron chi connectivity index (χ3n) is 6.10. The van der Waals surface area contributed by atoms with Gasteiger partial charge in [0.25, 0.3) is 0 Å². The van der Waals surface area contributed by atoms with Crippen LogP contribution >= 0.6 is 22.6 Å². The van der Waals surface area contributed by atoms with Crippen LogP contribution in [-0.2, 0) is 0 Å². The van der Waals surface area contributed by atoms with Gasteiger partial charge in [-0.25, -0.2) is 4.98 Å². The molecule has 7 rings (SSSR count). The van der Waals surface area contributed by atoms with Gasteiger partial charge in [0.1, 0.15) is 5.65 Å². The minimum absolute atomic E-state index is 0.890. The average Bonchev–Trinajstić information content (AvgIpc) is 3.36. The molecule has 5 heteroatoms. The zero-order valence-corrected chi connectivity index (χ0v) is 19.1. The van der Waals surface area contributed by atoms with E-state index in [4.69, 9.17) is 4.98 Å². The van der Waals surface area contributed by atoms with E-state index in [1.165, 1.54) is 14.5 Å². The van der Waals surface area contributed by atoms with Crippen molar-refractivity contribution in [1.82, 2.24) is 18.4 Å². The number of imidazole rings is 1. The molecular formula is C27H17IN4. The third-order valence-corrected chi connectivity index (χ3v) is 6.77. The highest BCUT2D eigenvalue weighted by Gasteiger charge is 2.17. The Bertz CT molecular complexity index is 1840. The first-order valence-corrected chi connectivity index (χ1v) is 11.6. The molecule has 0 atom stereocenters. The molecule has 0 unspecified atom stereocenters. The molecule has 0 amide bonds. The summed E-state index contributed by atoms with van der Waals surface area (Å²) in [6.45, 7) is 0. The molecule has 0 aliphatic heterocycles. The van der Waals surface area contributed by atoms with Gasteiger partial charge < -0.3 is 0 Å². The maximum absolute atomic E-state index is 5.14. The summed E-state index contributed by atoms with van der Waals surface area (Å²) in [5, 5.41) is 1.21. The number of hydrogen-bond donors (Lipinski definition) is 0. The van der Waals surface area contributed by atoms with Crippen LogP contribution in [-0.4, -0.2) is 18.4 Å². The van der Waals surface area contributed by atoms with Crippen LogP contribution in [0.4, 0.5) is 0 Å². The lowest BCUT2D eigenvalue weighted by Crippen LogP contribution is -2.00. The number of halogens is 1. The summed E-state index contributed by atoms with van der Waals surface area (Å²) in [4.78, 5) is 5.14. The molecule has 0 saturated heterocycles. The fourth-order valence-electron chi connectivity index (χ4n) is 4.75. The second-order valence-corrected chi connectivity index (χ2v) is 9.18. The van der Waals surface area contributed by atoms with Crippen LogP contribution in [0.15, 0.2) is 103 Å². The highest BCUT2D eigenvalue weighted by Crippen LogP contribution is 2.31. The zero-order chi connectivity index (χ0) is 21.2. The number of rotatable bonds is 1. The second-order valence-electron chi connectivity index (χ2n) is 7.94. The first-order chi connectivity index (χ1) is 15.8. The highest BCUT2D eigenvalue weighted by molar-refractivity contribution is 14.1. The van der Waals surface area contributed by atoms with Crippen molar-refractivity contribution in [2.45, 2.75) is 0 Å². The number of benzene rings is 4. The molecule has 3 aromatic heterocycles. The van der Waals surface area contributed by atoms with E-state index in [1.807, 2.05) is 6.07 Å². The SMILES string of the molecule is Ic1ccc2c(c1)n1c3ccccc3cc1n(-c1ccccc1)c1nc3ccccc3n21. The predicted octanol–water partition coefficient (Wildman–Crippen LogP) is 7.00. The van der Waals surface area contributed by atoms with Crippen LogP contribution in [0.1, 0.15) is 0 Å². The van der Waals surface area contributed by atoms with Gasteiger partial charge in [0.15, 0.2) is 0 Å². The van der Waals surface area contributed by atoms with E-state index < -0.39 is 0 Å². The zero-order valence-electron chi connectivity index (χ0n) is 17.0. The van der Waals surface area contributed by atoms with Gasteiger partial charge in [0.05, 0.1) is 33.3 Å². The van der Waals surface area contributed by atoms with Gasteiger partial charge in [-0.15, -0.1) is 0 Å². The Labute approximate surface area is 197 Å². The summed E-state index contributed by atoms with van der Waals surface area (Å²) in [5.41, 5.74) is 7.69. The van der Waals surface area contributed by atoms with Crippen LogP contribution in [0.5, 0.6) is 0 Å². The topological polar surface area (TPSA) is 26.6 Å². The normalized spacial score (nSPS) is 11.9. The Kier molecular flexibility index (Phi) is 3.78. The predicted molar refractivity (Wildman–Crippen MR) is 140 cm³/mol. The maximum atomic E-state index is 5.14. The first kappa shape index (κ1) is 18.0. The molecular weight excluding hydrogens is 507 g/mol. The molecule has 0 aliphatic rings. The standard InChI is InChI=1S/C27H17IN4/c28-19-14-15-24-25(17-19)31-22-12-6-4-8-18(22)16-26(31)30(20-9-2-1-3-10-20)27-29-21-11-5-7-13-23(21)32(24)27/h1-17H. The van der Waals surface area contributed by atoms with Crippen LogP contribution in [0.3, 0.4) is 0 Å². The van der Waals surface area contributed by atoms with E-state index in [2.05, 4.69) is 133 Å². The van der Waals surface area contributed by atoms with Crippen molar-refractivity contribution in [2.75, 3.05) is 0 Å². The molecule has 0 radical (unpaired) electrons. The van der Waals surface area contributed by atoms with E-state index in [9.17, 15) is 0 Å².